The molecule has 1 N–H and O–H groups in total. The molecule has 2 atom stereocenters. The molecule has 1 unspecified atom stereocenters. The third-order valence-electron chi connectivity index (χ3n) is 9.29. The lowest BCUT2D eigenvalue weighted by Crippen LogP contribution is -2.50. The Balaban J connectivity index is 1.19. The summed E-state index contributed by atoms with van der Waals surface area (Å²) >= 11 is 0. The molecule has 0 bridgehead atoms. The van der Waals surface area contributed by atoms with Crippen LogP contribution in [0.25, 0.3) is 22.3 Å². The Morgan fingerprint density at radius 3 is 2.61 bits per heavy atom. The van der Waals surface area contributed by atoms with Gasteiger partial charge in [-0.15, -0.1) is 0 Å². The first kappa shape index (κ1) is 26.2. The second-order valence-electron chi connectivity index (χ2n) is 11.6. The van der Waals surface area contributed by atoms with Crippen LogP contribution < -0.4 is 5.56 Å². The van der Waals surface area contributed by atoms with E-state index in [-0.39, 0.29) is 24.1 Å². The Labute approximate surface area is 237 Å². The summed E-state index contributed by atoms with van der Waals surface area (Å²) in [7, 11) is 0. The molecule has 2 fully saturated rings. The Kier molecular flexibility index (Phi) is 6.35. The number of aromatic nitrogens is 2. The van der Waals surface area contributed by atoms with Crippen molar-refractivity contribution in [2.45, 2.75) is 69.9 Å². The second kappa shape index (κ2) is 9.95. The van der Waals surface area contributed by atoms with Crippen LogP contribution in [0.15, 0.2) is 41.2 Å². The van der Waals surface area contributed by atoms with Crippen molar-refractivity contribution in [2.24, 2.45) is 0 Å². The highest BCUT2D eigenvalue weighted by Crippen LogP contribution is 2.42. The van der Waals surface area contributed by atoms with Crippen LogP contribution in [0, 0.1) is 0 Å². The van der Waals surface area contributed by atoms with Crippen molar-refractivity contribution in [3.05, 3.63) is 63.4 Å². The Morgan fingerprint density at radius 1 is 1.10 bits per heavy atom. The van der Waals surface area contributed by atoms with Gasteiger partial charge < -0.3 is 28.9 Å². The third-order valence-corrected chi connectivity index (χ3v) is 9.29. The first-order valence-corrected chi connectivity index (χ1v) is 14.7. The minimum absolute atomic E-state index is 0.00951. The highest BCUT2D eigenvalue weighted by molar-refractivity contribution is 5.86. The Morgan fingerprint density at radius 2 is 1.85 bits per heavy atom. The molecule has 2 saturated heterocycles. The predicted octanol–water partition coefficient (Wildman–Crippen LogP) is 3.67. The van der Waals surface area contributed by atoms with Crippen molar-refractivity contribution in [1.82, 2.24) is 19.4 Å². The van der Waals surface area contributed by atoms with E-state index in [4.69, 9.17) is 14.5 Å². The van der Waals surface area contributed by atoms with E-state index in [1.165, 1.54) is 19.3 Å². The van der Waals surface area contributed by atoms with E-state index in [1.54, 1.807) is 22.5 Å². The van der Waals surface area contributed by atoms with Crippen molar-refractivity contribution >= 4 is 23.0 Å². The molecule has 2 aromatic heterocycles. The van der Waals surface area contributed by atoms with Crippen molar-refractivity contribution < 1.29 is 24.2 Å². The molecule has 7 rings (SSSR count). The maximum Gasteiger partial charge on any atom is 0.413 e. The van der Waals surface area contributed by atoms with Gasteiger partial charge in [-0.3, -0.25) is 4.79 Å². The maximum atomic E-state index is 14.0. The number of piperidine rings is 2. The number of ether oxygens (including phenoxy) is 2. The summed E-state index contributed by atoms with van der Waals surface area (Å²) in [6.45, 7) is 5.20. The maximum absolute atomic E-state index is 14.0. The molecular weight excluding hydrogens is 524 g/mol. The van der Waals surface area contributed by atoms with Crippen LogP contribution in [0.2, 0.25) is 0 Å². The van der Waals surface area contributed by atoms with Gasteiger partial charge in [-0.1, -0.05) is 31.5 Å². The number of hydrogen-bond acceptors (Lipinski definition) is 8. The number of rotatable bonds is 3. The van der Waals surface area contributed by atoms with Gasteiger partial charge in [0.2, 0.25) is 0 Å². The molecule has 10 nitrogen and oxygen atoms in total. The van der Waals surface area contributed by atoms with Gasteiger partial charge in [-0.2, -0.15) is 0 Å². The van der Waals surface area contributed by atoms with E-state index in [2.05, 4.69) is 4.90 Å². The quantitative estimate of drug-likeness (QED) is 0.379. The van der Waals surface area contributed by atoms with Gasteiger partial charge in [0.25, 0.3) is 11.8 Å². The fourth-order valence-corrected chi connectivity index (χ4v) is 6.90. The first-order chi connectivity index (χ1) is 19.9. The average Bonchev–Trinajstić information content (AvgIpc) is 3.36. The van der Waals surface area contributed by atoms with Gasteiger partial charge in [0.05, 0.1) is 23.4 Å². The number of carbonyl (C=O) groups is 2. The number of cyclic esters (lactones) is 1. The molecule has 4 aliphatic heterocycles. The van der Waals surface area contributed by atoms with Crippen LogP contribution in [0.3, 0.4) is 0 Å². The van der Waals surface area contributed by atoms with Crippen LogP contribution in [0.1, 0.15) is 68.4 Å². The third kappa shape index (κ3) is 4.23. The van der Waals surface area contributed by atoms with E-state index in [1.807, 2.05) is 30.3 Å². The topological polar surface area (TPSA) is 114 Å². The summed E-state index contributed by atoms with van der Waals surface area (Å²) in [6, 6.07) is 11.8. The van der Waals surface area contributed by atoms with Crippen molar-refractivity contribution in [1.29, 1.82) is 0 Å². The number of aliphatic hydroxyl groups is 1. The zero-order valence-corrected chi connectivity index (χ0v) is 23.2. The van der Waals surface area contributed by atoms with Crippen molar-refractivity contribution in [3.63, 3.8) is 0 Å². The highest BCUT2D eigenvalue weighted by atomic mass is 16.7. The molecule has 0 spiro atoms. The summed E-state index contributed by atoms with van der Waals surface area (Å²) < 4.78 is 12.8. The SMILES string of the molecule is CC[C@@]1(O)C(=O)OC(OC(=O)N2CCC(N3CCCCC3)CC2)c2c1cc1n(c2=O)Cc2cc3ccccc3nc2-1. The van der Waals surface area contributed by atoms with E-state index in [0.717, 1.165) is 42.4 Å². The Hall–Kier alpha value is -3.76. The molecule has 3 aromatic rings. The van der Waals surface area contributed by atoms with Gasteiger partial charge in [0, 0.05) is 35.6 Å². The number of benzene rings is 1. The lowest BCUT2D eigenvalue weighted by molar-refractivity contribution is -0.200. The van der Waals surface area contributed by atoms with Crippen LogP contribution in [-0.2, 0) is 26.4 Å². The molecule has 10 heteroatoms. The van der Waals surface area contributed by atoms with Crippen LogP contribution in [-0.4, -0.2) is 68.7 Å². The predicted molar refractivity (Wildman–Crippen MR) is 150 cm³/mol. The number of fused-ring (bicyclic) bond motifs is 5. The molecule has 0 aliphatic carbocycles. The molecule has 214 valence electrons. The number of likely N-dealkylation sites (tertiary alicyclic amines) is 2. The minimum Gasteiger partial charge on any atom is -0.418 e. The van der Waals surface area contributed by atoms with Gasteiger partial charge in [0.1, 0.15) is 5.56 Å². The average molecular weight is 559 g/mol. The highest BCUT2D eigenvalue weighted by Gasteiger charge is 2.50. The summed E-state index contributed by atoms with van der Waals surface area (Å²) in [5.41, 5.74) is 0.363. The zero-order valence-electron chi connectivity index (χ0n) is 23.2. The molecule has 6 heterocycles. The molecule has 0 saturated carbocycles. The normalized spacial score (nSPS) is 24.5. The number of carbonyl (C=O) groups excluding carboxylic acids is 2. The Bertz CT molecular complexity index is 1600. The summed E-state index contributed by atoms with van der Waals surface area (Å²) in [5.74, 6) is -0.942. The van der Waals surface area contributed by atoms with E-state index in [0.29, 0.717) is 30.5 Å². The lowest BCUT2D eigenvalue weighted by Gasteiger charge is -2.40. The van der Waals surface area contributed by atoms with Gasteiger partial charge in [-0.05, 0) is 63.4 Å². The fourth-order valence-electron chi connectivity index (χ4n) is 6.90. The number of pyridine rings is 2. The van der Waals surface area contributed by atoms with Crippen LogP contribution in [0.5, 0.6) is 0 Å². The van der Waals surface area contributed by atoms with E-state index >= 15 is 0 Å². The molecule has 1 amide bonds. The van der Waals surface area contributed by atoms with Crippen LogP contribution >= 0.6 is 0 Å². The van der Waals surface area contributed by atoms with Crippen molar-refractivity contribution in [3.8, 4) is 11.4 Å². The van der Waals surface area contributed by atoms with Gasteiger partial charge in [-0.25, -0.2) is 14.6 Å². The molecule has 4 aliphatic rings. The number of nitrogens with zero attached hydrogens (tertiary/aromatic N) is 4. The summed E-state index contributed by atoms with van der Waals surface area (Å²) in [4.78, 5) is 49.3. The largest absolute Gasteiger partial charge is 0.418 e. The van der Waals surface area contributed by atoms with Gasteiger partial charge in [0.15, 0.2) is 5.60 Å². The standard InChI is InChI=1S/C31H34N4O6/c1-2-31(39)22-17-24-26-20(16-19-8-4-5-9-23(19)32-26)18-35(24)27(36)25(22)28(40-29(31)37)41-30(38)34-14-10-21(11-15-34)33-12-6-3-7-13-33/h4-5,8-9,16-17,21,28,39H,2-3,6-7,10-15,18H2,1H3/t28?,31-/m0/s1. The number of para-hydroxylation sites is 1. The van der Waals surface area contributed by atoms with Crippen molar-refractivity contribution in [2.75, 3.05) is 26.2 Å². The van der Waals surface area contributed by atoms with E-state index in [9.17, 15) is 19.5 Å². The zero-order chi connectivity index (χ0) is 28.3. The number of amides is 1. The lowest BCUT2D eigenvalue weighted by atomic mass is 9.85. The second-order valence-corrected chi connectivity index (χ2v) is 11.6. The van der Waals surface area contributed by atoms with Crippen LogP contribution in [0.4, 0.5) is 4.79 Å². The summed E-state index contributed by atoms with van der Waals surface area (Å²) in [5, 5.41) is 12.4. The fraction of sp³-hybridized carbons (Fsp3) is 0.484. The number of esters is 1. The molecule has 1 aromatic carbocycles. The van der Waals surface area contributed by atoms with E-state index < -0.39 is 29.5 Å². The monoisotopic (exact) mass is 558 g/mol. The molecule has 41 heavy (non-hydrogen) atoms. The van der Waals surface area contributed by atoms with Gasteiger partial charge >= 0.3 is 12.1 Å². The minimum atomic E-state index is -2.04. The number of hydrogen-bond donors (Lipinski definition) is 1. The first-order valence-electron chi connectivity index (χ1n) is 14.7. The summed E-state index contributed by atoms with van der Waals surface area (Å²) in [6.07, 6.45) is 3.23. The molecular formula is C31H34N4O6. The smallest absolute Gasteiger partial charge is 0.413 e. The molecule has 0 radical (unpaired) electrons.